The normalized spacial score (nSPS) is 19.1. The van der Waals surface area contributed by atoms with Crippen LogP contribution in [-0.2, 0) is 0 Å². The van der Waals surface area contributed by atoms with Crippen LogP contribution in [0.4, 0.5) is 0 Å². The Kier molecular flexibility index (Phi) is 3.87. The van der Waals surface area contributed by atoms with Gasteiger partial charge < -0.3 is 14.4 Å². The van der Waals surface area contributed by atoms with Gasteiger partial charge in [0, 0.05) is 12.5 Å². The molecule has 0 fully saturated rings. The molecule has 1 heterocycles. The number of para-hydroxylation sites is 1. The first-order chi connectivity index (χ1) is 8.63. The minimum absolute atomic E-state index is 0.00615. The smallest absolute Gasteiger partial charge is 0.171 e. The first kappa shape index (κ1) is 12.9. The summed E-state index contributed by atoms with van der Waals surface area (Å²) in [4.78, 5) is 14.5. The van der Waals surface area contributed by atoms with Crippen molar-refractivity contribution in [2.75, 3.05) is 34.4 Å². The molecule has 1 unspecified atom stereocenters. The standard InChI is InChI=1S/C14H19NO3/c1-15(2)9-10-7-8-18-14-11(13(10)16)5-4-6-12(14)17-3/h4-6,10H,7-9H2,1-3H3. The summed E-state index contributed by atoms with van der Waals surface area (Å²) in [5.41, 5.74) is 0.638. The molecular formula is C14H19NO3. The van der Waals surface area contributed by atoms with Gasteiger partial charge in [-0.2, -0.15) is 0 Å². The number of hydrogen-bond acceptors (Lipinski definition) is 4. The summed E-state index contributed by atoms with van der Waals surface area (Å²) in [6.07, 6.45) is 0.745. The molecule has 18 heavy (non-hydrogen) atoms. The number of fused-ring (bicyclic) bond motifs is 1. The third-order valence-electron chi connectivity index (χ3n) is 3.13. The average molecular weight is 249 g/mol. The molecule has 1 aliphatic rings. The highest BCUT2D eigenvalue weighted by molar-refractivity contribution is 6.01. The number of nitrogens with zero attached hydrogens (tertiary/aromatic N) is 1. The maximum absolute atomic E-state index is 12.5. The van der Waals surface area contributed by atoms with Crippen LogP contribution in [0, 0.1) is 5.92 Å². The predicted molar refractivity (Wildman–Crippen MR) is 69.5 cm³/mol. The Morgan fingerprint density at radius 3 is 2.89 bits per heavy atom. The highest BCUT2D eigenvalue weighted by Crippen LogP contribution is 2.35. The Hall–Kier alpha value is -1.55. The number of methoxy groups -OCH3 is 1. The molecule has 0 bridgehead atoms. The van der Waals surface area contributed by atoms with E-state index < -0.39 is 0 Å². The van der Waals surface area contributed by atoms with Crippen molar-refractivity contribution in [3.63, 3.8) is 0 Å². The summed E-state index contributed by atoms with van der Waals surface area (Å²) < 4.78 is 10.9. The lowest BCUT2D eigenvalue weighted by atomic mass is 9.95. The molecule has 0 amide bonds. The van der Waals surface area contributed by atoms with Crippen LogP contribution in [-0.4, -0.2) is 45.0 Å². The molecule has 4 nitrogen and oxygen atoms in total. The second-order valence-electron chi connectivity index (χ2n) is 4.80. The van der Waals surface area contributed by atoms with E-state index in [2.05, 4.69) is 0 Å². The molecule has 0 saturated heterocycles. The van der Waals surface area contributed by atoms with Crippen molar-refractivity contribution in [1.82, 2.24) is 4.90 Å². The van der Waals surface area contributed by atoms with Crippen molar-refractivity contribution in [3.8, 4) is 11.5 Å². The third-order valence-corrected chi connectivity index (χ3v) is 3.13. The highest BCUT2D eigenvalue weighted by Gasteiger charge is 2.28. The molecule has 2 rings (SSSR count). The SMILES string of the molecule is COc1cccc2c1OCCC(CN(C)C)C2=O. The molecule has 1 aliphatic heterocycles. The lowest BCUT2D eigenvalue weighted by Gasteiger charge is -2.17. The number of rotatable bonds is 3. The number of carbonyl (C=O) groups excluding carboxylic acids is 1. The van der Waals surface area contributed by atoms with Gasteiger partial charge in [-0.15, -0.1) is 0 Å². The van der Waals surface area contributed by atoms with E-state index in [0.29, 0.717) is 23.7 Å². The number of hydrogen-bond donors (Lipinski definition) is 0. The van der Waals surface area contributed by atoms with Gasteiger partial charge in [-0.05, 0) is 32.6 Å². The summed E-state index contributed by atoms with van der Waals surface area (Å²) in [7, 11) is 5.54. The van der Waals surface area contributed by atoms with Crippen LogP contribution in [0.5, 0.6) is 11.5 Å². The number of ketones is 1. The summed E-state index contributed by atoms with van der Waals surface area (Å²) in [6.45, 7) is 1.30. The molecule has 0 spiro atoms. The molecule has 4 heteroatoms. The highest BCUT2D eigenvalue weighted by atomic mass is 16.5. The quantitative estimate of drug-likeness (QED) is 0.819. The molecule has 0 radical (unpaired) electrons. The van der Waals surface area contributed by atoms with Gasteiger partial charge in [0.25, 0.3) is 0 Å². The second kappa shape index (κ2) is 5.40. The Morgan fingerprint density at radius 2 is 2.22 bits per heavy atom. The average Bonchev–Trinajstić information content (AvgIpc) is 2.50. The Labute approximate surface area is 107 Å². The van der Waals surface area contributed by atoms with Crippen LogP contribution < -0.4 is 9.47 Å². The number of benzene rings is 1. The zero-order valence-corrected chi connectivity index (χ0v) is 11.1. The van der Waals surface area contributed by atoms with Crippen LogP contribution in [0.25, 0.3) is 0 Å². The van der Waals surface area contributed by atoms with E-state index in [1.165, 1.54) is 0 Å². The van der Waals surface area contributed by atoms with E-state index in [4.69, 9.17) is 9.47 Å². The van der Waals surface area contributed by atoms with Gasteiger partial charge in [0.1, 0.15) is 0 Å². The monoisotopic (exact) mass is 249 g/mol. The minimum Gasteiger partial charge on any atom is -0.493 e. The molecule has 1 aromatic rings. The Morgan fingerprint density at radius 1 is 1.44 bits per heavy atom. The fraction of sp³-hybridized carbons (Fsp3) is 0.500. The van der Waals surface area contributed by atoms with Gasteiger partial charge in [-0.25, -0.2) is 0 Å². The van der Waals surface area contributed by atoms with E-state index in [9.17, 15) is 4.79 Å². The van der Waals surface area contributed by atoms with E-state index in [1.807, 2.05) is 37.2 Å². The second-order valence-corrected chi connectivity index (χ2v) is 4.80. The fourth-order valence-electron chi connectivity index (χ4n) is 2.29. The number of ether oxygens (including phenoxy) is 2. The molecule has 98 valence electrons. The first-order valence-corrected chi connectivity index (χ1v) is 6.12. The number of Topliss-reactive ketones (excluding diaryl/α,β-unsaturated/α-hetero) is 1. The van der Waals surface area contributed by atoms with Gasteiger partial charge >= 0.3 is 0 Å². The molecule has 0 aliphatic carbocycles. The van der Waals surface area contributed by atoms with Crippen LogP contribution in [0.1, 0.15) is 16.8 Å². The van der Waals surface area contributed by atoms with Gasteiger partial charge in [0.2, 0.25) is 0 Å². The summed E-state index contributed by atoms with van der Waals surface area (Å²) in [6, 6.07) is 5.46. The van der Waals surface area contributed by atoms with Crippen molar-refractivity contribution >= 4 is 5.78 Å². The molecule has 0 N–H and O–H groups in total. The first-order valence-electron chi connectivity index (χ1n) is 6.12. The van der Waals surface area contributed by atoms with E-state index in [1.54, 1.807) is 7.11 Å². The van der Waals surface area contributed by atoms with Gasteiger partial charge in [0.05, 0.1) is 19.3 Å². The third kappa shape index (κ3) is 2.48. The maximum Gasteiger partial charge on any atom is 0.171 e. The molecule has 0 aromatic heterocycles. The topological polar surface area (TPSA) is 38.8 Å². The summed E-state index contributed by atoms with van der Waals surface area (Å²) >= 11 is 0. The summed E-state index contributed by atoms with van der Waals surface area (Å²) in [5, 5.41) is 0. The van der Waals surface area contributed by atoms with Gasteiger partial charge in [0.15, 0.2) is 17.3 Å². The van der Waals surface area contributed by atoms with Crippen LogP contribution in [0.15, 0.2) is 18.2 Å². The Bertz CT molecular complexity index is 443. The van der Waals surface area contributed by atoms with Crippen molar-refractivity contribution < 1.29 is 14.3 Å². The zero-order valence-electron chi connectivity index (χ0n) is 11.1. The predicted octanol–water partition coefficient (Wildman–Crippen LogP) is 1.84. The minimum atomic E-state index is -0.00615. The van der Waals surface area contributed by atoms with Crippen molar-refractivity contribution in [3.05, 3.63) is 23.8 Å². The molecule has 1 aromatic carbocycles. The van der Waals surface area contributed by atoms with E-state index >= 15 is 0 Å². The molecular weight excluding hydrogens is 230 g/mol. The zero-order chi connectivity index (χ0) is 13.1. The fourth-order valence-corrected chi connectivity index (χ4v) is 2.29. The van der Waals surface area contributed by atoms with Crippen LogP contribution in [0.2, 0.25) is 0 Å². The number of carbonyl (C=O) groups is 1. The maximum atomic E-state index is 12.5. The largest absolute Gasteiger partial charge is 0.493 e. The van der Waals surface area contributed by atoms with E-state index in [0.717, 1.165) is 13.0 Å². The lowest BCUT2D eigenvalue weighted by Crippen LogP contribution is -2.27. The van der Waals surface area contributed by atoms with Crippen LogP contribution in [0.3, 0.4) is 0 Å². The van der Waals surface area contributed by atoms with Gasteiger partial charge in [-0.3, -0.25) is 4.79 Å². The van der Waals surface area contributed by atoms with Crippen molar-refractivity contribution in [1.29, 1.82) is 0 Å². The molecule has 0 saturated carbocycles. The Balaban J connectivity index is 2.35. The molecule has 1 atom stereocenters. The lowest BCUT2D eigenvalue weighted by molar-refractivity contribution is 0.0891. The van der Waals surface area contributed by atoms with Crippen LogP contribution >= 0.6 is 0 Å². The van der Waals surface area contributed by atoms with E-state index in [-0.39, 0.29) is 11.7 Å². The van der Waals surface area contributed by atoms with Gasteiger partial charge in [-0.1, -0.05) is 6.07 Å². The van der Waals surface area contributed by atoms with Crippen molar-refractivity contribution in [2.45, 2.75) is 6.42 Å². The summed E-state index contributed by atoms with van der Waals surface area (Å²) in [5.74, 6) is 1.36. The van der Waals surface area contributed by atoms with Crippen molar-refractivity contribution in [2.24, 2.45) is 5.92 Å².